The van der Waals surface area contributed by atoms with E-state index in [2.05, 4.69) is 5.32 Å². The van der Waals surface area contributed by atoms with E-state index in [1.165, 1.54) is 0 Å². The van der Waals surface area contributed by atoms with Crippen LogP contribution in [0.15, 0.2) is 42.5 Å². The molecule has 27 heavy (non-hydrogen) atoms. The zero-order valence-electron chi connectivity index (χ0n) is 15.5. The zero-order valence-corrected chi connectivity index (χ0v) is 16.3. The lowest BCUT2D eigenvalue weighted by Gasteiger charge is -2.23. The van der Waals surface area contributed by atoms with Crippen molar-refractivity contribution in [2.24, 2.45) is 0 Å². The average molecular weight is 387 g/mol. The molecule has 0 heterocycles. The molecule has 0 spiro atoms. The van der Waals surface area contributed by atoms with Crippen LogP contribution in [0.4, 0.5) is 0 Å². The van der Waals surface area contributed by atoms with Gasteiger partial charge in [-0.2, -0.15) is 0 Å². The largest absolute Gasteiger partial charge is 0.483 e. The summed E-state index contributed by atoms with van der Waals surface area (Å²) in [5.74, 6) is 0.504. The van der Waals surface area contributed by atoms with E-state index in [0.717, 1.165) is 24.0 Å². The van der Waals surface area contributed by atoms with Gasteiger partial charge in [0.2, 0.25) is 0 Å². The van der Waals surface area contributed by atoms with E-state index in [-0.39, 0.29) is 24.5 Å². The van der Waals surface area contributed by atoms with E-state index in [0.29, 0.717) is 22.9 Å². The number of carbonyl (C=O) groups is 2. The lowest BCUT2D eigenvalue weighted by molar-refractivity contribution is -0.134. The summed E-state index contributed by atoms with van der Waals surface area (Å²) in [4.78, 5) is 26.2. The molecule has 3 rings (SSSR count). The Bertz CT molecular complexity index is 832. The monoisotopic (exact) mass is 386 g/mol. The quantitative estimate of drug-likeness (QED) is 0.791. The molecule has 0 atom stereocenters. The van der Waals surface area contributed by atoms with E-state index >= 15 is 0 Å². The van der Waals surface area contributed by atoms with Crippen LogP contribution in [-0.4, -0.2) is 36.4 Å². The lowest BCUT2D eigenvalue weighted by atomic mass is 10.1. The summed E-state index contributed by atoms with van der Waals surface area (Å²) < 4.78 is 5.71. The average Bonchev–Trinajstić information content (AvgIpc) is 3.50. The van der Waals surface area contributed by atoms with Crippen molar-refractivity contribution in [1.82, 2.24) is 10.2 Å². The molecular formula is C21H23ClN2O3. The Morgan fingerprint density at radius 1 is 1.19 bits per heavy atom. The predicted molar refractivity (Wildman–Crippen MR) is 105 cm³/mol. The van der Waals surface area contributed by atoms with E-state index < -0.39 is 0 Å². The van der Waals surface area contributed by atoms with Gasteiger partial charge in [0.05, 0.1) is 0 Å². The van der Waals surface area contributed by atoms with E-state index in [1.54, 1.807) is 31.3 Å². The molecule has 1 aliphatic rings. The molecule has 2 amide bonds. The first-order chi connectivity index (χ1) is 13.0. The fourth-order valence-corrected chi connectivity index (χ4v) is 3.13. The van der Waals surface area contributed by atoms with Gasteiger partial charge in [0, 0.05) is 30.2 Å². The van der Waals surface area contributed by atoms with Crippen LogP contribution in [0.1, 0.15) is 34.3 Å². The Morgan fingerprint density at radius 2 is 1.89 bits per heavy atom. The summed E-state index contributed by atoms with van der Waals surface area (Å²) in [5, 5.41) is 3.24. The first kappa shape index (κ1) is 19.2. The molecule has 2 aromatic rings. The summed E-state index contributed by atoms with van der Waals surface area (Å²) in [7, 11) is 1.60. The van der Waals surface area contributed by atoms with Crippen molar-refractivity contribution in [3.8, 4) is 5.75 Å². The van der Waals surface area contributed by atoms with Crippen LogP contribution in [0.3, 0.4) is 0 Å². The van der Waals surface area contributed by atoms with E-state index in [9.17, 15) is 9.59 Å². The number of rotatable bonds is 7. The number of halogens is 1. The van der Waals surface area contributed by atoms with Crippen molar-refractivity contribution in [1.29, 1.82) is 0 Å². The molecule has 0 radical (unpaired) electrons. The predicted octanol–water partition coefficient (Wildman–Crippen LogP) is 3.58. The van der Waals surface area contributed by atoms with Crippen LogP contribution in [0, 0.1) is 6.92 Å². The summed E-state index contributed by atoms with van der Waals surface area (Å²) in [5.41, 5.74) is 2.50. The Balaban J connectivity index is 1.63. The Labute approximate surface area is 164 Å². The highest BCUT2D eigenvalue weighted by molar-refractivity contribution is 6.30. The van der Waals surface area contributed by atoms with E-state index in [4.69, 9.17) is 16.3 Å². The third-order valence-electron chi connectivity index (χ3n) is 4.59. The van der Waals surface area contributed by atoms with Crippen LogP contribution < -0.4 is 10.1 Å². The SMILES string of the molecule is CNC(=O)c1ccc(CN(C(=O)COc2ccc(Cl)cc2C)C2CC2)cc1. The van der Waals surface area contributed by atoms with Gasteiger partial charge in [-0.1, -0.05) is 23.7 Å². The standard InChI is InChI=1S/C21H23ClN2O3/c1-14-11-17(22)7-10-19(14)27-13-20(25)24(18-8-9-18)12-15-3-5-16(6-4-15)21(26)23-2/h3-7,10-11,18H,8-9,12-13H2,1-2H3,(H,23,26). The van der Waals surface area contributed by atoms with Crippen LogP contribution in [0.2, 0.25) is 5.02 Å². The fraction of sp³-hybridized carbons (Fsp3) is 0.333. The molecule has 1 fully saturated rings. The molecule has 0 aromatic heterocycles. The number of carbonyl (C=O) groups excluding carboxylic acids is 2. The minimum atomic E-state index is -0.122. The molecular weight excluding hydrogens is 364 g/mol. The molecule has 142 valence electrons. The second kappa shape index (κ2) is 8.44. The number of aryl methyl sites for hydroxylation is 1. The highest BCUT2D eigenvalue weighted by Crippen LogP contribution is 2.29. The van der Waals surface area contributed by atoms with Gasteiger partial charge in [-0.25, -0.2) is 0 Å². The Hall–Kier alpha value is -2.53. The number of nitrogens with one attached hydrogen (secondary N) is 1. The molecule has 0 bridgehead atoms. The van der Waals surface area contributed by atoms with Crippen molar-refractivity contribution in [2.75, 3.05) is 13.7 Å². The van der Waals surface area contributed by atoms with Crippen molar-refractivity contribution in [2.45, 2.75) is 32.4 Å². The third-order valence-corrected chi connectivity index (χ3v) is 4.83. The minimum Gasteiger partial charge on any atom is -0.483 e. The molecule has 0 unspecified atom stereocenters. The number of ether oxygens (including phenoxy) is 1. The maximum atomic E-state index is 12.7. The summed E-state index contributed by atoms with van der Waals surface area (Å²) >= 11 is 5.95. The number of hydrogen-bond donors (Lipinski definition) is 1. The second-order valence-electron chi connectivity index (χ2n) is 6.73. The van der Waals surface area contributed by atoms with Gasteiger partial charge in [0.1, 0.15) is 5.75 Å². The van der Waals surface area contributed by atoms with Crippen LogP contribution in [0.5, 0.6) is 5.75 Å². The molecule has 0 aliphatic heterocycles. The van der Waals surface area contributed by atoms with Crippen molar-refractivity contribution < 1.29 is 14.3 Å². The van der Waals surface area contributed by atoms with Gasteiger partial charge in [0.15, 0.2) is 6.61 Å². The van der Waals surface area contributed by atoms with Gasteiger partial charge < -0.3 is 15.0 Å². The second-order valence-corrected chi connectivity index (χ2v) is 7.16. The maximum absolute atomic E-state index is 12.7. The van der Waals surface area contributed by atoms with Crippen molar-refractivity contribution in [3.05, 3.63) is 64.2 Å². The number of amides is 2. The zero-order chi connectivity index (χ0) is 19.4. The number of hydrogen-bond acceptors (Lipinski definition) is 3. The Morgan fingerprint density at radius 3 is 2.48 bits per heavy atom. The topological polar surface area (TPSA) is 58.6 Å². The summed E-state index contributed by atoms with van der Waals surface area (Å²) in [6, 6.07) is 12.9. The van der Waals surface area contributed by atoms with Gasteiger partial charge in [-0.05, 0) is 61.2 Å². The highest BCUT2D eigenvalue weighted by atomic mass is 35.5. The molecule has 1 N–H and O–H groups in total. The van der Waals surface area contributed by atoms with E-state index in [1.807, 2.05) is 30.0 Å². The molecule has 1 aliphatic carbocycles. The Kier molecular flexibility index (Phi) is 6.01. The summed E-state index contributed by atoms with van der Waals surface area (Å²) in [6.45, 7) is 2.41. The number of benzene rings is 2. The maximum Gasteiger partial charge on any atom is 0.261 e. The summed E-state index contributed by atoms with van der Waals surface area (Å²) in [6.07, 6.45) is 2.03. The third kappa shape index (κ3) is 5.01. The van der Waals surface area contributed by atoms with Crippen molar-refractivity contribution in [3.63, 3.8) is 0 Å². The molecule has 6 heteroatoms. The smallest absolute Gasteiger partial charge is 0.261 e. The van der Waals surface area contributed by atoms with Gasteiger partial charge in [0.25, 0.3) is 11.8 Å². The molecule has 0 saturated heterocycles. The molecule has 2 aromatic carbocycles. The normalized spacial score (nSPS) is 13.1. The molecule has 5 nitrogen and oxygen atoms in total. The van der Waals surface area contributed by atoms with Gasteiger partial charge >= 0.3 is 0 Å². The minimum absolute atomic E-state index is 0.00467. The van der Waals surface area contributed by atoms with Crippen LogP contribution >= 0.6 is 11.6 Å². The highest BCUT2D eigenvalue weighted by Gasteiger charge is 2.32. The van der Waals surface area contributed by atoms with Gasteiger partial charge in [-0.3, -0.25) is 9.59 Å². The van der Waals surface area contributed by atoms with Gasteiger partial charge in [-0.15, -0.1) is 0 Å². The first-order valence-corrected chi connectivity index (χ1v) is 9.35. The van der Waals surface area contributed by atoms with Crippen molar-refractivity contribution >= 4 is 23.4 Å². The molecule has 1 saturated carbocycles. The fourth-order valence-electron chi connectivity index (χ4n) is 2.91. The van der Waals surface area contributed by atoms with Crippen LogP contribution in [0.25, 0.3) is 0 Å². The lowest BCUT2D eigenvalue weighted by Crippen LogP contribution is -2.36. The first-order valence-electron chi connectivity index (χ1n) is 8.97. The van der Waals surface area contributed by atoms with Crippen LogP contribution in [-0.2, 0) is 11.3 Å². The number of nitrogens with zero attached hydrogens (tertiary/aromatic N) is 1.